The molecule has 0 aliphatic carbocycles. The second-order valence-electron chi connectivity index (χ2n) is 6.34. The van der Waals surface area contributed by atoms with Crippen LogP contribution in [0.2, 0.25) is 0 Å². The molecule has 0 fully saturated rings. The molecule has 7 heteroatoms. The number of benzene rings is 3. The van der Waals surface area contributed by atoms with Crippen LogP contribution in [0.15, 0.2) is 101 Å². The topological polar surface area (TPSA) is 20.5 Å². The normalized spacial score (nSPS) is 11.3. The van der Waals surface area contributed by atoms with Gasteiger partial charge in [-0.1, -0.05) is 48.5 Å². The summed E-state index contributed by atoms with van der Waals surface area (Å²) in [5.41, 5.74) is 4.36. The molecule has 1 aromatic heterocycles. The van der Waals surface area contributed by atoms with Gasteiger partial charge in [0, 0.05) is 5.56 Å². The third-order valence-corrected chi connectivity index (χ3v) is 4.33. The van der Waals surface area contributed by atoms with Crippen LogP contribution < -0.4 is 4.74 Å². The van der Waals surface area contributed by atoms with E-state index in [2.05, 4.69) is 48.5 Å². The van der Waals surface area contributed by atoms with Crippen LogP contribution in [0.4, 0.5) is 0 Å². The van der Waals surface area contributed by atoms with E-state index in [1.54, 1.807) is 7.11 Å². The minimum absolute atomic E-state index is 0.827. The van der Waals surface area contributed by atoms with E-state index < -0.39 is 9.20 Å². The van der Waals surface area contributed by atoms with Crippen molar-refractivity contribution in [1.82, 2.24) is 0 Å². The van der Waals surface area contributed by atoms with Gasteiger partial charge in [0.25, 0.3) is 0 Å². The third kappa shape index (κ3) is 7.73. The molecule has 163 valence electrons. The monoisotopic (exact) mass is 535 g/mol. The number of ether oxygens (including phenoxy) is 1. The van der Waals surface area contributed by atoms with Crippen LogP contribution in [0.5, 0.6) is 5.75 Å². The summed E-state index contributed by atoms with van der Waals surface area (Å²) in [4.78, 5) is 0. The predicted molar refractivity (Wildman–Crippen MR) is 129 cm³/mol. The molecule has 0 aliphatic rings. The van der Waals surface area contributed by atoms with Gasteiger partial charge in [0.2, 0.25) is 0 Å². The van der Waals surface area contributed by atoms with Gasteiger partial charge in [0.1, 0.15) is 5.75 Å². The van der Waals surface area contributed by atoms with E-state index in [1.807, 2.05) is 48.5 Å². The summed E-state index contributed by atoms with van der Waals surface area (Å²) < 4.78 is 11.5. The van der Waals surface area contributed by atoms with E-state index in [0.717, 1.165) is 39.5 Å². The van der Waals surface area contributed by atoms with Crippen molar-refractivity contribution in [2.75, 3.05) is 7.11 Å². The molecule has 4 aromatic rings. The number of rotatable bonds is 4. The van der Waals surface area contributed by atoms with Crippen LogP contribution in [0, 0.1) is 0 Å². The average Bonchev–Trinajstić information content (AvgIpc) is 2.79. The van der Waals surface area contributed by atoms with E-state index >= 15 is 0 Å². The van der Waals surface area contributed by atoms with Crippen LogP contribution in [-0.4, -0.2) is 7.11 Å². The van der Waals surface area contributed by atoms with Crippen molar-refractivity contribution < 1.29 is 18.4 Å². The molecule has 0 atom stereocenters. The number of hydrogen-bond donors (Lipinski definition) is 0. The van der Waals surface area contributed by atoms with Crippen LogP contribution in [0.3, 0.4) is 0 Å². The van der Waals surface area contributed by atoms with Crippen molar-refractivity contribution in [2.24, 2.45) is 0 Å². The maximum absolute atomic E-state index is 6.24. The molecule has 0 spiro atoms. The first-order chi connectivity index (χ1) is 14.8. The zero-order chi connectivity index (χ0) is 22.3. The molecule has 0 amide bonds. The summed E-state index contributed by atoms with van der Waals surface area (Å²) >= 11 is 0. The zero-order valence-corrected chi connectivity index (χ0v) is 20.5. The summed E-state index contributed by atoms with van der Waals surface area (Å²) in [6.45, 7) is 0. The van der Waals surface area contributed by atoms with Gasteiger partial charge in [-0.25, -0.2) is 4.42 Å². The van der Waals surface area contributed by atoms with Gasteiger partial charge in [-0.05, 0) is 42.0 Å². The maximum atomic E-state index is 6.24. The van der Waals surface area contributed by atoms with Gasteiger partial charge in [-0.15, -0.1) is 0 Å². The predicted octanol–water partition coefficient (Wildman–Crippen LogP) is 9.33. The van der Waals surface area contributed by atoms with Crippen molar-refractivity contribution in [1.29, 1.82) is 0 Å². The van der Waals surface area contributed by atoms with Gasteiger partial charge in [-0.2, -0.15) is 0 Å². The molecule has 31 heavy (non-hydrogen) atoms. The number of methoxy groups -OCH3 is 1. The molecule has 4 rings (SSSR count). The molecule has 1 heterocycles. The molecule has 0 unspecified atom stereocenters. The molecular formula is C24H19Cl4FeO2. The Hall–Kier alpha value is -1.71. The summed E-state index contributed by atoms with van der Waals surface area (Å²) in [7, 11) is 18.9. The quantitative estimate of drug-likeness (QED) is 0.191. The Bertz CT molecular complexity index is 1040. The first-order valence-electron chi connectivity index (χ1n) is 9.10. The molecular weight excluding hydrogens is 518 g/mol. The molecule has 0 bridgehead atoms. The first kappa shape index (κ1) is 23.9. The Labute approximate surface area is 201 Å². The average molecular weight is 537 g/mol. The van der Waals surface area contributed by atoms with Crippen molar-refractivity contribution >= 4 is 40.4 Å². The number of halogens is 4. The minimum atomic E-state index is -2.61. The first-order valence-corrected chi connectivity index (χ1v) is 15.2. The Balaban J connectivity index is 0.000000491. The summed E-state index contributed by atoms with van der Waals surface area (Å²) in [5, 5.41) is 0. The van der Waals surface area contributed by atoms with Crippen molar-refractivity contribution in [3.05, 3.63) is 97.1 Å². The van der Waals surface area contributed by atoms with E-state index in [4.69, 9.17) is 49.5 Å². The van der Waals surface area contributed by atoms with Gasteiger partial charge >= 0.3 is 61.1 Å². The van der Waals surface area contributed by atoms with Gasteiger partial charge < -0.3 is 4.74 Å². The van der Waals surface area contributed by atoms with Crippen molar-refractivity contribution in [3.8, 4) is 39.5 Å². The molecule has 0 radical (unpaired) electrons. The molecule has 3 aromatic carbocycles. The summed E-state index contributed by atoms with van der Waals surface area (Å²) in [5.74, 6) is 2.50. The fourth-order valence-corrected chi connectivity index (χ4v) is 2.94. The standard InChI is InChI=1S/C24H19O2.4ClH.Fe/c1-25-22-14-12-20(13-15-22)24-17-21(18-8-4-2-5-9-18)16-23(26-24)19-10-6-3-7-11-19;;;;;/h2-17H,1H3;4*1H;/q+1;;;;;+3/p-4. The van der Waals surface area contributed by atoms with E-state index in [9.17, 15) is 0 Å². The van der Waals surface area contributed by atoms with E-state index in [1.165, 1.54) is 0 Å². The van der Waals surface area contributed by atoms with Gasteiger partial charge in [0.05, 0.1) is 30.4 Å². The zero-order valence-electron chi connectivity index (χ0n) is 16.4. The van der Waals surface area contributed by atoms with Crippen LogP contribution in [0.25, 0.3) is 33.8 Å². The SMILES string of the molecule is COc1ccc(-c2cc(-c3ccccc3)cc(-c3ccccc3)[o+]2)cc1.[Cl][Fe-]([Cl])([Cl])[Cl]. The fourth-order valence-electron chi connectivity index (χ4n) is 2.94. The number of hydrogen-bond acceptors (Lipinski definition) is 1. The molecule has 0 saturated carbocycles. The van der Waals surface area contributed by atoms with Gasteiger partial charge in [-0.3, -0.25) is 0 Å². The van der Waals surface area contributed by atoms with E-state index in [-0.39, 0.29) is 0 Å². The van der Waals surface area contributed by atoms with Crippen LogP contribution in [-0.2, 0) is 9.20 Å². The second-order valence-corrected chi connectivity index (χ2v) is 17.3. The summed E-state index contributed by atoms with van der Waals surface area (Å²) in [6, 6.07) is 32.6. The molecule has 0 saturated heterocycles. The third-order valence-electron chi connectivity index (χ3n) is 4.33. The molecule has 0 aliphatic heterocycles. The second kappa shape index (κ2) is 11.2. The van der Waals surface area contributed by atoms with Crippen LogP contribution >= 0.6 is 40.4 Å². The van der Waals surface area contributed by atoms with Crippen molar-refractivity contribution in [3.63, 3.8) is 0 Å². The molecule has 2 nitrogen and oxygen atoms in total. The molecule has 0 N–H and O–H groups in total. The Morgan fingerprint density at radius 1 is 0.581 bits per heavy atom. The Kier molecular flexibility index (Phi) is 8.68. The van der Waals surface area contributed by atoms with E-state index in [0.29, 0.717) is 0 Å². The Morgan fingerprint density at radius 3 is 1.45 bits per heavy atom. The van der Waals surface area contributed by atoms with Crippen LogP contribution in [0.1, 0.15) is 0 Å². The Morgan fingerprint density at radius 2 is 1.00 bits per heavy atom. The van der Waals surface area contributed by atoms with Crippen molar-refractivity contribution in [2.45, 2.75) is 0 Å². The fraction of sp³-hybridized carbons (Fsp3) is 0.0417. The van der Waals surface area contributed by atoms with Gasteiger partial charge in [0.15, 0.2) is 0 Å². The summed E-state index contributed by atoms with van der Waals surface area (Å²) in [6.07, 6.45) is 0.